The van der Waals surface area contributed by atoms with Crippen molar-refractivity contribution in [2.45, 2.75) is 112 Å². The summed E-state index contributed by atoms with van der Waals surface area (Å²) in [6.45, 7) is 11.1. The zero-order chi connectivity index (χ0) is 27.9. The molecule has 3 rings (SSSR count). The van der Waals surface area contributed by atoms with Gasteiger partial charge in [0.1, 0.15) is 0 Å². The molecule has 0 amide bonds. The zero-order valence-electron chi connectivity index (χ0n) is 26.2. The number of pyridine rings is 1. The average Bonchev–Trinajstić information content (AvgIpc) is 2.95. The minimum Gasteiger partial charge on any atom is -1.00 e. The smallest absolute Gasteiger partial charge is 1.00 e. The van der Waals surface area contributed by atoms with Crippen LogP contribution < -0.4 is 24.8 Å². The molecule has 0 N–H and O–H groups in total. The third-order valence-electron chi connectivity index (χ3n) is 7.27. The van der Waals surface area contributed by atoms with Crippen LogP contribution in [0.2, 0.25) is 0 Å². The van der Waals surface area contributed by atoms with E-state index in [1.807, 2.05) is 12.4 Å². The molecule has 3 nitrogen and oxygen atoms in total. The quantitative estimate of drug-likeness (QED) is 0.213. The van der Waals surface area contributed by atoms with Crippen molar-refractivity contribution in [2.24, 2.45) is 9.98 Å². The van der Waals surface area contributed by atoms with E-state index in [4.69, 9.17) is 15.0 Å². The first kappa shape index (κ1) is 40.0. The maximum Gasteiger partial charge on any atom is 2.00 e. The number of aryl methyl sites for hydroxylation is 5. The fourth-order valence-electron chi connectivity index (χ4n) is 5.01. The number of hydrogen-bond acceptors (Lipinski definition) is 3. The van der Waals surface area contributed by atoms with Gasteiger partial charge in [0.15, 0.2) is 0 Å². The molecule has 0 atom stereocenters. The largest absolute Gasteiger partial charge is 2.00 e. The monoisotopic (exact) mass is 652 g/mol. The first-order valence-corrected chi connectivity index (χ1v) is 15.4. The molecule has 3 aromatic rings. The Balaban J connectivity index is 0.00000560. The topological polar surface area (TPSA) is 37.6 Å². The van der Waals surface area contributed by atoms with Gasteiger partial charge < -0.3 is 24.8 Å². The molecule has 0 spiro atoms. The maximum absolute atomic E-state index is 5.05. The summed E-state index contributed by atoms with van der Waals surface area (Å²) in [6.07, 6.45) is 17.7. The summed E-state index contributed by atoms with van der Waals surface area (Å²) in [5, 5.41) is 0. The van der Waals surface area contributed by atoms with E-state index in [9.17, 15) is 0 Å². The van der Waals surface area contributed by atoms with Crippen LogP contribution >= 0.6 is 0 Å². The number of halogens is 2. The molecule has 1 heterocycles. The SMILES string of the molecule is CCCCc1cccc(CCCC)c1N=Cc1cc(C)cc(C=Nc2c(CCCC)cccc2CCCC)n1.[Cl-].[Cl-].[Co+2]. The minimum absolute atomic E-state index is 0. The number of aliphatic imine (C=N–C) groups is 2. The summed E-state index contributed by atoms with van der Waals surface area (Å²) < 4.78 is 0. The Bertz CT molecular complexity index is 1100. The molecule has 0 unspecified atom stereocenters. The molecule has 1 aromatic heterocycles. The Hall–Kier alpha value is -1.98. The van der Waals surface area contributed by atoms with Gasteiger partial charge in [-0.1, -0.05) is 89.8 Å². The number of benzene rings is 2. The van der Waals surface area contributed by atoms with E-state index in [2.05, 4.69) is 83.1 Å². The van der Waals surface area contributed by atoms with Crippen LogP contribution in [0.15, 0.2) is 58.5 Å². The standard InChI is InChI=1S/C36H49N3.2ClH.Co/c1-6-10-16-29-20-14-21-30(17-11-7-2)35(29)37-26-33-24-28(5)25-34(39-33)27-38-36-31(18-12-8-3)22-15-23-32(36)19-13-9-4;;;/h14-15,20-27H,6-13,16-19H2,1-5H3;2*1H;/q;;;+2/p-2. The fraction of sp³-hybridized carbons (Fsp3) is 0.472. The number of hydrogen-bond donors (Lipinski definition) is 0. The van der Waals surface area contributed by atoms with Crippen molar-refractivity contribution in [3.8, 4) is 0 Å². The van der Waals surface area contributed by atoms with Gasteiger partial charge in [-0.2, -0.15) is 0 Å². The van der Waals surface area contributed by atoms with Crippen molar-refractivity contribution >= 4 is 23.8 Å². The second kappa shape index (κ2) is 22.5. The molecule has 0 saturated carbocycles. The first-order chi connectivity index (χ1) is 19.1. The molecule has 0 aliphatic rings. The molecule has 0 fully saturated rings. The molecule has 0 aliphatic heterocycles. The van der Waals surface area contributed by atoms with Crippen LogP contribution in [-0.4, -0.2) is 17.4 Å². The van der Waals surface area contributed by atoms with Gasteiger partial charge >= 0.3 is 16.8 Å². The summed E-state index contributed by atoms with van der Waals surface area (Å²) in [7, 11) is 0. The van der Waals surface area contributed by atoms with E-state index in [0.717, 1.165) is 48.4 Å². The van der Waals surface area contributed by atoms with Crippen LogP contribution in [0.1, 0.15) is 118 Å². The van der Waals surface area contributed by atoms with Crippen molar-refractivity contribution in [3.05, 3.63) is 87.7 Å². The van der Waals surface area contributed by atoms with Crippen molar-refractivity contribution in [1.29, 1.82) is 0 Å². The summed E-state index contributed by atoms with van der Waals surface area (Å²) in [4.78, 5) is 15.0. The number of nitrogens with zero attached hydrogens (tertiary/aromatic N) is 3. The van der Waals surface area contributed by atoms with E-state index in [0.29, 0.717) is 0 Å². The average molecular weight is 654 g/mol. The fourth-order valence-corrected chi connectivity index (χ4v) is 5.01. The molecule has 231 valence electrons. The summed E-state index contributed by atoms with van der Waals surface area (Å²) >= 11 is 0. The van der Waals surface area contributed by atoms with Gasteiger partial charge in [0.05, 0.1) is 35.2 Å². The second-order valence-corrected chi connectivity index (χ2v) is 10.8. The predicted octanol–water partition coefficient (Wildman–Crippen LogP) is 4.27. The molecular weight excluding hydrogens is 604 g/mol. The van der Waals surface area contributed by atoms with Gasteiger partial charge in [-0.25, -0.2) is 4.98 Å². The van der Waals surface area contributed by atoms with Gasteiger partial charge in [0, 0.05) is 0 Å². The molecular formula is C36H49Cl2CoN3. The number of para-hydroxylation sites is 2. The van der Waals surface area contributed by atoms with Crippen molar-refractivity contribution in [2.75, 3.05) is 0 Å². The van der Waals surface area contributed by atoms with Crippen LogP contribution in [0.25, 0.3) is 0 Å². The van der Waals surface area contributed by atoms with Gasteiger partial charge in [-0.05, 0) is 98.2 Å². The third-order valence-corrected chi connectivity index (χ3v) is 7.27. The Labute approximate surface area is 278 Å². The first-order valence-electron chi connectivity index (χ1n) is 15.4. The van der Waals surface area contributed by atoms with E-state index in [1.54, 1.807) is 0 Å². The zero-order valence-corrected chi connectivity index (χ0v) is 28.7. The van der Waals surface area contributed by atoms with E-state index >= 15 is 0 Å². The van der Waals surface area contributed by atoms with Crippen molar-refractivity contribution < 1.29 is 41.6 Å². The van der Waals surface area contributed by atoms with E-state index < -0.39 is 0 Å². The van der Waals surface area contributed by atoms with Crippen LogP contribution in [0.5, 0.6) is 0 Å². The predicted molar refractivity (Wildman–Crippen MR) is 171 cm³/mol. The van der Waals surface area contributed by atoms with E-state index in [1.165, 1.54) is 79.2 Å². The van der Waals surface area contributed by atoms with Crippen molar-refractivity contribution in [3.63, 3.8) is 0 Å². The number of aromatic nitrogens is 1. The number of unbranched alkanes of at least 4 members (excludes halogenated alkanes) is 4. The Morgan fingerprint density at radius 2 is 0.881 bits per heavy atom. The summed E-state index contributed by atoms with van der Waals surface area (Å²) in [5.74, 6) is 0. The van der Waals surface area contributed by atoms with Gasteiger partial charge in [-0.15, -0.1) is 0 Å². The van der Waals surface area contributed by atoms with Gasteiger partial charge in [0.2, 0.25) is 0 Å². The third kappa shape index (κ3) is 12.7. The normalized spacial score (nSPS) is 10.9. The molecule has 1 radical (unpaired) electrons. The van der Waals surface area contributed by atoms with Gasteiger partial charge in [-0.3, -0.25) is 9.98 Å². The second-order valence-electron chi connectivity index (χ2n) is 10.8. The van der Waals surface area contributed by atoms with E-state index in [-0.39, 0.29) is 41.6 Å². The molecule has 2 aromatic carbocycles. The van der Waals surface area contributed by atoms with Crippen LogP contribution in [-0.2, 0) is 42.5 Å². The molecule has 0 bridgehead atoms. The maximum atomic E-state index is 5.05. The molecule has 0 saturated heterocycles. The van der Waals surface area contributed by atoms with Crippen LogP contribution in [0.3, 0.4) is 0 Å². The number of rotatable bonds is 16. The van der Waals surface area contributed by atoms with Crippen LogP contribution in [0.4, 0.5) is 11.4 Å². The Kier molecular flexibility index (Phi) is 21.5. The Morgan fingerprint density at radius 1 is 0.571 bits per heavy atom. The molecule has 42 heavy (non-hydrogen) atoms. The molecule has 6 heteroatoms. The Morgan fingerprint density at radius 3 is 1.17 bits per heavy atom. The summed E-state index contributed by atoms with van der Waals surface area (Å²) in [6, 6.07) is 17.6. The van der Waals surface area contributed by atoms with Crippen LogP contribution in [0, 0.1) is 6.92 Å². The van der Waals surface area contributed by atoms with Crippen molar-refractivity contribution in [1.82, 2.24) is 4.98 Å². The minimum atomic E-state index is 0. The molecule has 0 aliphatic carbocycles. The summed E-state index contributed by atoms with van der Waals surface area (Å²) in [5.41, 5.74) is 10.6. The van der Waals surface area contributed by atoms with Gasteiger partial charge in [0.25, 0.3) is 0 Å².